The van der Waals surface area contributed by atoms with Crippen LogP contribution in [0.5, 0.6) is 0 Å². The number of aryl methyl sites for hydroxylation is 1. The highest BCUT2D eigenvalue weighted by molar-refractivity contribution is 5.80. The van der Waals surface area contributed by atoms with Gasteiger partial charge in [0.15, 0.2) is 5.96 Å². The number of amides is 1. The first kappa shape index (κ1) is 23.0. The van der Waals surface area contributed by atoms with Gasteiger partial charge in [-0.15, -0.1) is 10.2 Å². The van der Waals surface area contributed by atoms with E-state index < -0.39 is 0 Å². The van der Waals surface area contributed by atoms with Crippen LogP contribution in [-0.4, -0.2) is 70.5 Å². The number of nitrogens with zero attached hydrogens (tertiary/aromatic N) is 5. The van der Waals surface area contributed by atoms with Gasteiger partial charge in [-0.1, -0.05) is 20.8 Å². The van der Waals surface area contributed by atoms with Gasteiger partial charge in [0.2, 0.25) is 0 Å². The van der Waals surface area contributed by atoms with Crippen LogP contribution in [0, 0.1) is 5.92 Å². The van der Waals surface area contributed by atoms with Crippen molar-refractivity contribution in [2.45, 2.75) is 66.0 Å². The molecule has 2 rings (SSSR count). The molecule has 9 nitrogen and oxygen atoms in total. The van der Waals surface area contributed by atoms with Gasteiger partial charge in [0, 0.05) is 45.2 Å². The van der Waals surface area contributed by atoms with Crippen LogP contribution in [0.15, 0.2) is 11.3 Å². The lowest BCUT2D eigenvalue weighted by molar-refractivity contribution is 0.0963. The first-order chi connectivity index (χ1) is 14.0. The van der Waals surface area contributed by atoms with Gasteiger partial charge in [0.05, 0.1) is 6.61 Å². The van der Waals surface area contributed by atoms with E-state index >= 15 is 0 Å². The number of carbonyl (C=O) groups excluding carboxylic acids is 1. The molecule has 29 heavy (non-hydrogen) atoms. The first-order valence-electron chi connectivity index (χ1n) is 10.9. The average Bonchev–Trinajstić information content (AvgIpc) is 3.16. The van der Waals surface area contributed by atoms with Gasteiger partial charge in [0.25, 0.3) is 0 Å². The second-order valence-electron chi connectivity index (χ2n) is 7.74. The number of guanidine groups is 1. The van der Waals surface area contributed by atoms with E-state index in [1.807, 2.05) is 6.92 Å². The molecule has 164 valence electrons. The van der Waals surface area contributed by atoms with E-state index in [0.29, 0.717) is 31.7 Å². The highest BCUT2D eigenvalue weighted by Gasteiger charge is 2.24. The van der Waals surface area contributed by atoms with Gasteiger partial charge in [-0.3, -0.25) is 4.99 Å². The third-order valence-electron chi connectivity index (χ3n) is 5.00. The minimum Gasteiger partial charge on any atom is -0.450 e. The number of hydrogen-bond acceptors (Lipinski definition) is 5. The van der Waals surface area contributed by atoms with E-state index in [0.717, 1.165) is 57.1 Å². The fraction of sp³-hybridized carbons (Fsp3) is 0.800. The van der Waals surface area contributed by atoms with Crippen LogP contribution in [-0.2, 0) is 17.7 Å². The number of rotatable bonds is 9. The second kappa shape index (κ2) is 12.3. The number of aliphatic imine (C=N–C) groups is 1. The zero-order chi connectivity index (χ0) is 21.1. The predicted octanol–water partition coefficient (Wildman–Crippen LogP) is 2.04. The molecule has 2 N–H and O–H groups in total. The van der Waals surface area contributed by atoms with Crippen LogP contribution in [0.1, 0.15) is 52.8 Å². The maximum absolute atomic E-state index is 11.9. The van der Waals surface area contributed by atoms with Crippen molar-refractivity contribution in [3.63, 3.8) is 0 Å². The Morgan fingerprint density at radius 2 is 2.10 bits per heavy atom. The van der Waals surface area contributed by atoms with Crippen LogP contribution in [0.4, 0.5) is 4.79 Å². The molecule has 0 unspecified atom stereocenters. The summed E-state index contributed by atoms with van der Waals surface area (Å²) in [5.74, 6) is 2.45. The van der Waals surface area contributed by atoms with Crippen LogP contribution < -0.4 is 10.6 Å². The Bertz CT molecular complexity index is 637. The lowest BCUT2D eigenvalue weighted by Gasteiger charge is -2.32. The molecule has 0 bridgehead atoms. The van der Waals surface area contributed by atoms with Gasteiger partial charge >= 0.3 is 6.09 Å². The molecule has 1 amide bonds. The Balaban J connectivity index is 1.85. The Hall–Kier alpha value is -2.32. The molecule has 1 aliphatic rings. The molecule has 1 aromatic rings. The van der Waals surface area contributed by atoms with Crippen molar-refractivity contribution >= 4 is 12.1 Å². The Morgan fingerprint density at radius 3 is 2.76 bits per heavy atom. The third-order valence-corrected chi connectivity index (χ3v) is 5.00. The predicted molar refractivity (Wildman–Crippen MR) is 114 cm³/mol. The summed E-state index contributed by atoms with van der Waals surface area (Å²) in [5, 5.41) is 15.1. The van der Waals surface area contributed by atoms with Gasteiger partial charge in [-0.25, -0.2) is 4.79 Å². The summed E-state index contributed by atoms with van der Waals surface area (Å²) in [5.41, 5.74) is 0. The molecule has 0 saturated carbocycles. The zero-order valence-electron chi connectivity index (χ0n) is 18.4. The van der Waals surface area contributed by atoms with Crippen molar-refractivity contribution in [1.29, 1.82) is 0 Å². The van der Waals surface area contributed by atoms with E-state index in [1.54, 1.807) is 11.2 Å². The monoisotopic (exact) mass is 407 g/mol. The van der Waals surface area contributed by atoms with E-state index in [1.165, 1.54) is 0 Å². The maximum Gasteiger partial charge on any atom is 0.409 e. The Labute approximate surface area is 174 Å². The van der Waals surface area contributed by atoms with Crippen molar-refractivity contribution in [3.8, 4) is 0 Å². The molecule has 0 spiro atoms. The number of likely N-dealkylation sites (tertiary alicyclic amines) is 1. The summed E-state index contributed by atoms with van der Waals surface area (Å²) < 4.78 is 7.16. The number of aromatic nitrogens is 3. The van der Waals surface area contributed by atoms with Gasteiger partial charge in [-0.2, -0.15) is 0 Å². The van der Waals surface area contributed by atoms with Crippen molar-refractivity contribution in [3.05, 3.63) is 12.2 Å². The molecule has 0 aliphatic carbocycles. The molecule has 9 heteroatoms. The number of nitrogens with one attached hydrogen (secondary N) is 2. The molecular formula is C20H37N7O2. The number of carbonyl (C=O) groups is 1. The fourth-order valence-electron chi connectivity index (χ4n) is 3.24. The summed E-state index contributed by atoms with van der Waals surface area (Å²) in [6.45, 7) is 12.5. The summed E-state index contributed by atoms with van der Waals surface area (Å²) in [6, 6.07) is 0.298. The lowest BCUT2D eigenvalue weighted by atomic mass is 10.1. The van der Waals surface area contributed by atoms with Crippen molar-refractivity contribution in [2.75, 3.05) is 32.8 Å². The molecule has 0 radical (unpaired) electrons. The molecule has 1 saturated heterocycles. The van der Waals surface area contributed by atoms with Gasteiger partial charge in [0.1, 0.15) is 12.2 Å². The summed E-state index contributed by atoms with van der Waals surface area (Å²) >= 11 is 0. The second-order valence-corrected chi connectivity index (χ2v) is 7.74. The quantitative estimate of drug-likeness (QED) is 0.480. The van der Waals surface area contributed by atoms with E-state index in [2.05, 4.69) is 46.2 Å². The highest BCUT2D eigenvalue weighted by atomic mass is 16.6. The lowest BCUT2D eigenvalue weighted by Crippen LogP contribution is -2.50. The molecular weight excluding hydrogens is 370 g/mol. The van der Waals surface area contributed by atoms with Gasteiger partial charge in [-0.05, 0) is 32.1 Å². The first-order valence-corrected chi connectivity index (χ1v) is 10.9. The van der Waals surface area contributed by atoms with Crippen LogP contribution in [0.3, 0.4) is 0 Å². The molecule has 1 aliphatic heterocycles. The number of hydrogen-bond donors (Lipinski definition) is 2. The van der Waals surface area contributed by atoms with E-state index in [-0.39, 0.29) is 6.09 Å². The normalized spacial score (nSPS) is 15.6. The molecule has 1 fully saturated rings. The van der Waals surface area contributed by atoms with E-state index in [4.69, 9.17) is 9.73 Å². The smallest absolute Gasteiger partial charge is 0.409 e. The Morgan fingerprint density at radius 1 is 1.34 bits per heavy atom. The Kier molecular flexibility index (Phi) is 9.73. The average molecular weight is 408 g/mol. The highest BCUT2D eigenvalue weighted by Crippen LogP contribution is 2.11. The van der Waals surface area contributed by atoms with Crippen molar-refractivity contribution in [1.82, 2.24) is 30.3 Å². The molecule has 1 aromatic heterocycles. The van der Waals surface area contributed by atoms with Crippen molar-refractivity contribution < 1.29 is 9.53 Å². The minimum absolute atomic E-state index is 0.212. The summed E-state index contributed by atoms with van der Waals surface area (Å²) in [6.07, 6.45) is 5.25. The summed E-state index contributed by atoms with van der Waals surface area (Å²) in [7, 11) is 0. The minimum atomic E-state index is -0.212. The number of piperidine rings is 1. The third kappa shape index (κ3) is 7.91. The van der Waals surface area contributed by atoms with Crippen LogP contribution in [0.25, 0.3) is 0 Å². The van der Waals surface area contributed by atoms with Gasteiger partial charge < -0.3 is 24.8 Å². The summed E-state index contributed by atoms with van der Waals surface area (Å²) in [4.78, 5) is 18.4. The van der Waals surface area contributed by atoms with Crippen molar-refractivity contribution in [2.24, 2.45) is 10.9 Å². The molecule has 0 atom stereocenters. The largest absolute Gasteiger partial charge is 0.450 e. The standard InChI is InChI=1S/C20H37N7O2/c1-5-18-25-23-15-27(18)14-11-22-19(21-10-7-16(3)4)24-17-8-12-26(13-9-17)20(28)29-6-2/h15-17H,5-14H2,1-4H3,(H2,21,22,24). The fourth-order valence-corrected chi connectivity index (χ4v) is 3.24. The topological polar surface area (TPSA) is 96.7 Å². The molecule has 2 heterocycles. The molecule has 0 aromatic carbocycles. The zero-order valence-corrected chi connectivity index (χ0v) is 18.4. The maximum atomic E-state index is 11.9. The van der Waals surface area contributed by atoms with Crippen LogP contribution >= 0.6 is 0 Å². The SMILES string of the molecule is CCOC(=O)N1CCC(NC(=NCCC(C)C)NCCn2cnnc2CC)CC1. The number of ether oxygens (including phenoxy) is 1. The van der Waals surface area contributed by atoms with Crippen LogP contribution in [0.2, 0.25) is 0 Å². The van der Waals surface area contributed by atoms with E-state index in [9.17, 15) is 4.79 Å².